The van der Waals surface area contributed by atoms with Crippen molar-refractivity contribution >= 4 is 61.5 Å². The van der Waals surface area contributed by atoms with Crippen LogP contribution in [0.25, 0.3) is 11.0 Å². The van der Waals surface area contributed by atoms with Gasteiger partial charge in [0.05, 0.1) is 21.4 Å². The van der Waals surface area contributed by atoms with Gasteiger partial charge in [-0.25, -0.2) is 4.98 Å². The molecule has 2 aromatic heterocycles. The maximum atomic E-state index is 6.07. The highest BCUT2D eigenvalue weighted by atomic mass is 79.9. The van der Waals surface area contributed by atoms with Crippen LogP contribution in [-0.2, 0) is 6.42 Å². The molecule has 0 fully saturated rings. The molecule has 3 rings (SSSR count). The molecule has 0 aliphatic rings. The highest BCUT2D eigenvalue weighted by Gasteiger charge is 2.18. The summed E-state index contributed by atoms with van der Waals surface area (Å²) in [5, 5.41) is 0. The first kappa shape index (κ1) is 15.3. The van der Waals surface area contributed by atoms with Gasteiger partial charge >= 0.3 is 0 Å². The minimum Gasteiger partial charge on any atom is -0.320 e. The molecule has 1 atom stereocenters. The van der Waals surface area contributed by atoms with Crippen LogP contribution < -0.4 is 0 Å². The number of nitrogens with zero attached hydrogens (tertiary/aromatic N) is 2. The summed E-state index contributed by atoms with van der Waals surface area (Å²) in [5.74, 6) is 1.57. The minimum absolute atomic E-state index is 0.187. The van der Waals surface area contributed by atoms with Crippen molar-refractivity contribution in [3.05, 3.63) is 49.8 Å². The average molecular weight is 404 g/mol. The van der Waals surface area contributed by atoms with Crippen LogP contribution in [0.2, 0.25) is 4.34 Å². The lowest BCUT2D eigenvalue weighted by Gasteiger charge is -2.16. The molecule has 0 bridgehead atoms. The fourth-order valence-electron chi connectivity index (χ4n) is 2.49. The van der Waals surface area contributed by atoms with E-state index < -0.39 is 0 Å². The zero-order chi connectivity index (χ0) is 15.0. The molecular formula is C15H13BrCl2N2S. The highest BCUT2D eigenvalue weighted by Crippen LogP contribution is 2.33. The van der Waals surface area contributed by atoms with E-state index in [1.165, 1.54) is 4.88 Å². The zero-order valence-electron chi connectivity index (χ0n) is 11.3. The van der Waals surface area contributed by atoms with Gasteiger partial charge in [-0.3, -0.25) is 0 Å². The van der Waals surface area contributed by atoms with Crippen LogP contribution in [0.5, 0.6) is 0 Å². The first-order valence-electron chi connectivity index (χ1n) is 6.57. The maximum Gasteiger partial charge on any atom is 0.111 e. The molecule has 2 nitrogen and oxygen atoms in total. The molecule has 0 radical (unpaired) electrons. The van der Waals surface area contributed by atoms with E-state index in [0.717, 1.165) is 32.1 Å². The van der Waals surface area contributed by atoms with Crippen molar-refractivity contribution in [2.45, 2.75) is 19.4 Å². The topological polar surface area (TPSA) is 17.8 Å². The van der Waals surface area contributed by atoms with Gasteiger partial charge in [-0.1, -0.05) is 27.5 Å². The Bertz CT molecular complexity index is 781. The van der Waals surface area contributed by atoms with Crippen LogP contribution in [0.15, 0.2) is 34.8 Å². The monoisotopic (exact) mass is 402 g/mol. The SMILES string of the molecule is CC(c1ccc(Cl)s1)n1c(CCCl)nc2cc(Br)ccc21. The summed E-state index contributed by atoms with van der Waals surface area (Å²) in [5.41, 5.74) is 2.11. The Morgan fingerprint density at radius 1 is 1.33 bits per heavy atom. The lowest BCUT2D eigenvalue weighted by molar-refractivity contribution is 0.633. The molecule has 110 valence electrons. The molecule has 6 heteroatoms. The Morgan fingerprint density at radius 3 is 2.81 bits per heavy atom. The second kappa shape index (κ2) is 6.29. The van der Waals surface area contributed by atoms with E-state index >= 15 is 0 Å². The molecule has 0 aliphatic heterocycles. The van der Waals surface area contributed by atoms with Gasteiger partial charge in [0.2, 0.25) is 0 Å². The normalized spacial score (nSPS) is 13.0. The summed E-state index contributed by atoms with van der Waals surface area (Å²) < 4.78 is 4.10. The van der Waals surface area contributed by atoms with Crippen LogP contribution >= 0.6 is 50.5 Å². The first-order chi connectivity index (χ1) is 10.1. The first-order valence-corrected chi connectivity index (χ1v) is 9.10. The van der Waals surface area contributed by atoms with E-state index in [9.17, 15) is 0 Å². The number of fused-ring (bicyclic) bond motifs is 1. The third kappa shape index (κ3) is 3.00. The highest BCUT2D eigenvalue weighted by molar-refractivity contribution is 9.10. The van der Waals surface area contributed by atoms with Crippen LogP contribution in [0, 0.1) is 0 Å². The maximum absolute atomic E-state index is 6.07. The Hall–Kier alpha value is -0.550. The molecule has 0 saturated heterocycles. The summed E-state index contributed by atoms with van der Waals surface area (Å²) >= 11 is 17.1. The number of alkyl halides is 1. The minimum atomic E-state index is 0.187. The Kier molecular flexibility index (Phi) is 4.60. The fraction of sp³-hybridized carbons (Fsp3) is 0.267. The number of rotatable bonds is 4. The second-order valence-electron chi connectivity index (χ2n) is 4.79. The van der Waals surface area contributed by atoms with Gasteiger partial charge in [0.15, 0.2) is 0 Å². The molecule has 1 unspecified atom stereocenters. The van der Waals surface area contributed by atoms with Gasteiger partial charge in [0.25, 0.3) is 0 Å². The number of benzene rings is 1. The summed E-state index contributed by atoms with van der Waals surface area (Å²) in [6, 6.07) is 10.4. The van der Waals surface area contributed by atoms with Crippen LogP contribution in [0.1, 0.15) is 23.7 Å². The summed E-state index contributed by atoms with van der Waals surface area (Å²) in [4.78, 5) is 5.96. The number of imidazole rings is 1. The van der Waals surface area contributed by atoms with Gasteiger partial charge in [-0.05, 0) is 37.3 Å². The zero-order valence-corrected chi connectivity index (χ0v) is 15.2. The Balaban J connectivity index is 2.16. The van der Waals surface area contributed by atoms with E-state index in [-0.39, 0.29) is 6.04 Å². The molecule has 0 saturated carbocycles. The molecular weight excluding hydrogens is 391 g/mol. The molecule has 1 aromatic carbocycles. The molecule has 2 heterocycles. The molecule has 0 aliphatic carbocycles. The third-order valence-corrected chi connectivity index (χ3v) is 5.52. The standard InChI is InChI=1S/C15H13BrCl2N2S/c1-9(13-4-5-14(18)21-13)20-12-3-2-10(16)8-11(12)19-15(20)6-7-17/h2-5,8-9H,6-7H2,1H3. The Morgan fingerprint density at radius 2 is 2.14 bits per heavy atom. The number of halogens is 3. The van der Waals surface area contributed by atoms with Crippen molar-refractivity contribution < 1.29 is 0 Å². The van der Waals surface area contributed by atoms with Crippen molar-refractivity contribution in [3.8, 4) is 0 Å². The predicted molar refractivity (Wildman–Crippen MR) is 95.0 cm³/mol. The molecule has 21 heavy (non-hydrogen) atoms. The molecule has 0 amide bonds. The lowest BCUT2D eigenvalue weighted by atomic mass is 10.2. The third-order valence-electron chi connectivity index (χ3n) is 3.44. The molecule has 3 aromatic rings. The summed E-state index contributed by atoms with van der Waals surface area (Å²) in [6.07, 6.45) is 0.747. The van der Waals surface area contributed by atoms with Crippen LogP contribution in [0.3, 0.4) is 0 Å². The van der Waals surface area contributed by atoms with Gasteiger partial charge < -0.3 is 4.57 Å². The number of aromatic nitrogens is 2. The number of hydrogen-bond acceptors (Lipinski definition) is 2. The molecule has 0 spiro atoms. The number of hydrogen-bond donors (Lipinski definition) is 0. The largest absolute Gasteiger partial charge is 0.320 e. The molecule has 0 N–H and O–H groups in total. The lowest BCUT2D eigenvalue weighted by Crippen LogP contribution is -2.10. The van der Waals surface area contributed by atoms with Crippen molar-refractivity contribution in [1.82, 2.24) is 9.55 Å². The van der Waals surface area contributed by atoms with Gasteiger partial charge in [0.1, 0.15) is 5.82 Å². The Labute approximate surface area is 145 Å². The number of thiophene rings is 1. The van der Waals surface area contributed by atoms with Crippen LogP contribution in [-0.4, -0.2) is 15.4 Å². The van der Waals surface area contributed by atoms with Gasteiger partial charge in [-0.15, -0.1) is 22.9 Å². The average Bonchev–Trinajstić information content (AvgIpc) is 3.01. The van der Waals surface area contributed by atoms with E-state index in [1.807, 2.05) is 18.2 Å². The van der Waals surface area contributed by atoms with E-state index in [4.69, 9.17) is 28.2 Å². The summed E-state index contributed by atoms with van der Waals surface area (Å²) in [7, 11) is 0. The van der Waals surface area contributed by atoms with E-state index in [2.05, 4.69) is 39.6 Å². The predicted octanol–water partition coefficient (Wildman–Crippen LogP) is 5.90. The fourth-order valence-corrected chi connectivity index (χ4v) is 4.12. The van der Waals surface area contributed by atoms with E-state index in [0.29, 0.717) is 5.88 Å². The van der Waals surface area contributed by atoms with Crippen LogP contribution in [0.4, 0.5) is 0 Å². The smallest absolute Gasteiger partial charge is 0.111 e. The van der Waals surface area contributed by atoms with Crippen molar-refractivity contribution in [1.29, 1.82) is 0 Å². The second-order valence-corrected chi connectivity index (χ2v) is 7.83. The van der Waals surface area contributed by atoms with Gasteiger partial charge in [0, 0.05) is 21.7 Å². The summed E-state index contributed by atoms with van der Waals surface area (Å²) in [6.45, 7) is 2.17. The number of aryl methyl sites for hydroxylation is 1. The van der Waals surface area contributed by atoms with Crippen molar-refractivity contribution in [3.63, 3.8) is 0 Å². The van der Waals surface area contributed by atoms with Crippen molar-refractivity contribution in [2.75, 3.05) is 5.88 Å². The van der Waals surface area contributed by atoms with E-state index in [1.54, 1.807) is 11.3 Å². The van der Waals surface area contributed by atoms with Crippen molar-refractivity contribution in [2.24, 2.45) is 0 Å². The van der Waals surface area contributed by atoms with Gasteiger partial charge in [-0.2, -0.15) is 0 Å². The quantitative estimate of drug-likeness (QED) is 0.495.